The Morgan fingerprint density at radius 2 is 1.84 bits per heavy atom. The Balaban J connectivity index is 1.30. The van der Waals surface area contributed by atoms with Crippen LogP contribution >= 0.6 is 11.3 Å². The minimum Gasteiger partial charge on any atom is -0.389 e. The molecular weight excluding hydrogens is 596 g/mol. The molecule has 3 aliphatic rings. The predicted molar refractivity (Wildman–Crippen MR) is 171 cm³/mol. The summed E-state index contributed by atoms with van der Waals surface area (Å²) in [6.45, 7) is 3.57. The number of thiazole rings is 1. The highest BCUT2D eigenvalue weighted by Gasteiger charge is 2.37. The Labute approximate surface area is 266 Å². The molecule has 4 heterocycles. The number of rotatable bonds is 9. The van der Waals surface area contributed by atoms with E-state index in [-0.39, 0.29) is 49.5 Å². The number of hydrogen-bond acceptors (Lipinski definition) is 7. The fraction of sp³-hybridized carbons (Fsp3) is 0.500. The van der Waals surface area contributed by atoms with Gasteiger partial charge >= 0.3 is 0 Å². The third-order valence-corrected chi connectivity index (χ3v) is 10.3. The number of nitrogens with one attached hydrogen (secondary N) is 2. The van der Waals surface area contributed by atoms with E-state index in [4.69, 9.17) is 0 Å². The van der Waals surface area contributed by atoms with Gasteiger partial charge in [0.05, 0.1) is 18.2 Å². The van der Waals surface area contributed by atoms with Crippen LogP contribution in [0.2, 0.25) is 0 Å². The molecule has 3 N–H and O–H groups in total. The molecule has 6 rings (SSSR count). The summed E-state index contributed by atoms with van der Waals surface area (Å²) in [6.07, 6.45) is 2.45. The maximum absolute atomic E-state index is 14.1. The molecule has 3 fully saturated rings. The van der Waals surface area contributed by atoms with E-state index in [1.807, 2.05) is 52.4 Å². The molecule has 3 saturated heterocycles. The first-order valence-corrected chi connectivity index (χ1v) is 16.8. The predicted octanol–water partition coefficient (Wildman–Crippen LogP) is 5.12. The number of nitrogens with zero attached hydrogens (tertiary/aromatic N) is 3. The van der Waals surface area contributed by atoms with Gasteiger partial charge in [0.15, 0.2) is 0 Å². The zero-order chi connectivity index (χ0) is 31.6. The monoisotopic (exact) mass is 637 g/mol. The summed E-state index contributed by atoms with van der Waals surface area (Å²) in [6, 6.07) is 13.9. The van der Waals surface area contributed by atoms with Crippen LogP contribution in [0.3, 0.4) is 0 Å². The number of piperidine rings is 1. The summed E-state index contributed by atoms with van der Waals surface area (Å²) in [5, 5.41) is 20.7. The number of aromatic nitrogens is 1. The number of amides is 2. The van der Waals surface area contributed by atoms with Crippen molar-refractivity contribution in [1.29, 1.82) is 0 Å². The zero-order valence-electron chi connectivity index (χ0n) is 25.6. The van der Waals surface area contributed by atoms with E-state index in [1.54, 1.807) is 29.5 Å². The van der Waals surface area contributed by atoms with Gasteiger partial charge in [0, 0.05) is 66.4 Å². The minimum absolute atomic E-state index is 0.124. The van der Waals surface area contributed by atoms with Crippen LogP contribution in [-0.4, -0.2) is 77.1 Å². The number of carbonyl (C=O) groups excluding carboxylic acids is 2. The van der Waals surface area contributed by atoms with Crippen LogP contribution in [0, 0.1) is 6.92 Å². The lowest BCUT2D eigenvalue weighted by Gasteiger charge is -2.34. The molecule has 0 spiro atoms. The first-order chi connectivity index (χ1) is 21.7. The summed E-state index contributed by atoms with van der Waals surface area (Å²) in [4.78, 5) is 36.3. The van der Waals surface area contributed by atoms with Gasteiger partial charge in [-0.15, -0.1) is 11.3 Å². The molecule has 45 heavy (non-hydrogen) atoms. The first kappa shape index (κ1) is 31.6. The van der Waals surface area contributed by atoms with Gasteiger partial charge in [0.25, 0.3) is 17.7 Å². The number of aryl methyl sites for hydroxylation is 1. The molecule has 0 radical (unpaired) electrons. The third-order valence-electron chi connectivity index (χ3n) is 9.26. The summed E-state index contributed by atoms with van der Waals surface area (Å²) in [5.74, 6) is -3.35. The standard InChI is InChI=1S/C34H41F2N5O3S/c1-22-21-45-32(38-22)29-10-6-14-41(29)33(44)25-18-24(19-26(20-25)40-15-11-34(35,36)12-16-40)31(43)39-28(17-23-7-3-2-4-8-23)30(42)27-9-5-13-37-27/h2-4,7-8,18-21,27-30,37,42H,5-6,9-17H2,1H3,(H,39,43)/t27-,28+,29-,30-/m1/s1. The van der Waals surface area contributed by atoms with Crippen LogP contribution < -0.4 is 15.5 Å². The van der Waals surface area contributed by atoms with E-state index in [9.17, 15) is 23.5 Å². The van der Waals surface area contributed by atoms with E-state index < -0.39 is 24.0 Å². The summed E-state index contributed by atoms with van der Waals surface area (Å²) in [5.41, 5.74) is 3.07. The van der Waals surface area contributed by atoms with Gasteiger partial charge in [-0.1, -0.05) is 30.3 Å². The summed E-state index contributed by atoms with van der Waals surface area (Å²) < 4.78 is 28.1. The average Bonchev–Trinajstić information content (AvgIpc) is 3.83. The molecule has 2 aromatic carbocycles. The van der Waals surface area contributed by atoms with Gasteiger partial charge in [-0.25, -0.2) is 13.8 Å². The molecule has 0 saturated carbocycles. The fourth-order valence-electron chi connectivity index (χ4n) is 6.76. The van der Waals surface area contributed by atoms with Crippen LogP contribution in [0.1, 0.15) is 81.5 Å². The van der Waals surface area contributed by atoms with Crippen molar-refractivity contribution in [2.24, 2.45) is 0 Å². The molecule has 1 aromatic heterocycles. The van der Waals surface area contributed by atoms with Crippen LogP contribution in [0.5, 0.6) is 0 Å². The van der Waals surface area contributed by atoms with Crippen molar-refractivity contribution in [3.8, 4) is 0 Å². The molecule has 0 bridgehead atoms. The normalized spacial score (nSPS) is 22.8. The Morgan fingerprint density at radius 3 is 2.53 bits per heavy atom. The lowest BCUT2D eigenvalue weighted by molar-refractivity contribution is -0.0220. The minimum atomic E-state index is -2.73. The Bertz CT molecular complexity index is 1490. The molecule has 11 heteroatoms. The molecular formula is C34H41F2N5O3S. The van der Waals surface area contributed by atoms with Gasteiger partial charge < -0.3 is 25.5 Å². The van der Waals surface area contributed by atoms with E-state index in [1.165, 1.54) is 0 Å². The Hall–Kier alpha value is -3.41. The molecule has 240 valence electrons. The highest BCUT2D eigenvalue weighted by Crippen LogP contribution is 2.36. The van der Waals surface area contributed by atoms with E-state index in [0.717, 1.165) is 48.5 Å². The smallest absolute Gasteiger partial charge is 0.254 e. The molecule has 8 nitrogen and oxygen atoms in total. The molecule has 0 unspecified atom stereocenters. The number of hydrogen-bond donors (Lipinski definition) is 3. The number of aliphatic hydroxyl groups excluding tert-OH is 1. The van der Waals surface area contributed by atoms with Gasteiger partial charge in [-0.3, -0.25) is 9.59 Å². The average molecular weight is 638 g/mol. The van der Waals surface area contributed by atoms with Crippen molar-refractivity contribution in [1.82, 2.24) is 20.5 Å². The second-order valence-electron chi connectivity index (χ2n) is 12.6. The molecule has 0 aliphatic carbocycles. The molecule has 4 atom stereocenters. The second kappa shape index (κ2) is 13.5. The van der Waals surface area contributed by atoms with Crippen LogP contribution in [-0.2, 0) is 6.42 Å². The van der Waals surface area contributed by atoms with Gasteiger partial charge in [-0.2, -0.15) is 0 Å². The largest absolute Gasteiger partial charge is 0.389 e. The number of likely N-dealkylation sites (tertiary alicyclic amines) is 1. The maximum atomic E-state index is 14.1. The Kier molecular flexibility index (Phi) is 9.49. The first-order valence-electron chi connectivity index (χ1n) is 15.9. The third kappa shape index (κ3) is 7.37. The fourth-order valence-corrected chi connectivity index (χ4v) is 7.70. The highest BCUT2D eigenvalue weighted by molar-refractivity contribution is 7.09. The second-order valence-corrected chi connectivity index (χ2v) is 13.4. The van der Waals surface area contributed by atoms with E-state index >= 15 is 0 Å². The topological polar surface area (TPSA) is 97.8 Å². The summed E-state index contributed by atoms with van der Waals surface area (Å²) in [7, 11) is 0. The van der Waals surface area contributed by atoms with Crippen LogP contribution in [0.4, 0.5) is 14.5 Å². The lowest BCUT2D eigenvalue weighted by Crippen LogP contribution is -2.52. The van der Waals surface area contributed by atoms with Crippen molar-refractivity contribution < 1.29 is 23.5 Å². The molecule has 3 aliphatic heterocycles. The lowest BCUT2D eigenvalue weighted by atomic mass is 9.95. The van der Waals surface area contributed by atoms with Crippen LogP contribution in [0.25, 0.3) is 0 Å². The van der Waals surface area contributed by atoms with Crippen molar-refractivity contribution in [3.05, 3.63) is 81.3 Å². The quantitative estimate of drug-likeness (QED) is 0.302. The zero-order valence-corrected chi connectivity index (χ0v) is 26.4. The van der Waals surface area contributed by atoms with E-state index in [2.05, 4.69) is 15.6 Å². The van der Waals surface area contributed by atoms with E-state index in [0.29, 0.717) is 24.2 Å². The highest BCUT2D eigenvalue weighted by atomic mass is 32.1. The van der Waals surface area contributed by atoms with Gasteiger partial charge in [0.1, 0.15) is 5.01 Å². The SMILES string of the molecule is Cc1csc([C@H]2CCCN2C(=O)c2cc(C(=O)N[C@@H](Cc3ccccc3)[C@H](O)[C@H]3CCCN3)cc(N3CCC(F)(F)CC3)c2)n1. The van der Waals surface area contributed by atoms with Crippen molar-refractivity contribution in [3.63, 3.8) is 0 Å². The number of carbonyl (C=O) groups is 2. The number of alkyl halides is 2. The van der Waals surface area contributed by atoms with Gasteiger partial charge in [-0.05, 0) is 69.3 Å². The van der Waals surface area contributed by atoms with Crippen molar-refractivity contribution in [2.75, 3.05) is 31.1 Å². The summed E-state index contributed by atoms with van der Waals surface area (Å²) >= 11 is 1.54. The number of halogens is 2. The van der Waals surface area contributed by atoms with Gasteiger partial charge in [0.2, 0.25) is 0 Å². The maximum Gasteiger partial charge on any atom is 0.254 e. The number of anilines is 1. The van der Waals surface area contributed by atoms with Crippen molar-refractivity contribution in [2.45, 2.75) is 82.0 Å². The molecule has 3 aromatic rings. The number of benzene rings is 2. The Morgan fingerprint density at radius 1 is 1.09 bits per heavy atom. The molecule has 2 amide bonds. The van der Waals surface area contributed by atoms with Crippen LogP contribution in [0.15, 0.2) is 53.9 Å². The van der Waals surface area contributed by atoms with Crippen molar-refractivity contribution >= 4 is 28.8 Å². The number of aliphatic hydroxyl groups is 1.